The van der Waals surface area contributed by atoms with Crippen LogP contribution in [-0.2, 0) is 0 Å². The number of aromatic amines is 1. The number of aromatic nitrogens is 1. The third-order valence-corrected chi connectivity index (χ3v) is 2.27. The maximum atomic E-state index is 11.5. The number of hydrogen-bond donors (Lipinski definition) is 1. The van der Waals surface area contributed by atoms with E-state index >= 15 is 0 Å². The fourth-order valence-electron chi connectivity index (χ4n) is 1.53. The second-order valence-corrected chi connectivity index (χ2v) is 3.21. The summed E-state index contributed by atoms with van der Waals surface area (Å²) in [5, 5.41) is 0.662. The van der Waals surface area contributed by atoms with Gasteiger partial charge in [-0.2, -0.15) is 0 Å². The number of nitrogens with one attached hydrogen (secondary N) is 1. The minimum Gasteiger partial charge on any atom is -0.496 e. The fraction of sp³-hybridized carbons (Fsp3) is 0.182. The SMILES string of the molecule is COc1cc2c(=O)cc[nH]c2cc1C. The zero-order valence-electron chi connectivity index (χ0n) is 8.13. The fourth-order valence-corrected chi connectivity index (χ4v) is 1.53. The van der Waals surface area contributed by atoms with E-state index in [9.17, 15) is 4.79 Å². The molecule has 0 saturated carbocycles. The summed E-state index contributed by atoms with van der Waals surface area (Å²) in [7, 11) is 1.60. The lowest BCUT2D eigenvalue weighted by molar-refractivity contribution is 0.412. The Morgan fingerprint density at radius 3 is 2.86 bits per heavy atom. The van der Waals surface area contributed by atoms with Gasteiger partial charge < -0.3 is 9.72 Å². The van der Waals surface area contributed by atoms with Gasteiger partial charge in [-0.15, -0.1) is 0 Å². The molecule has 0 bridgehead atoms. The van der Waals surface area contributed by atoms with Gasteiger partial charge in [0.2, 0.25) is 0 Å². The number of pyridine rings is 1. The largest absolute Gasteiger partial charge is 0.496 e. The lowest BCUT2D eigenvalue weighted by Crippen LogP contribution is -2.01. The van der Waals surface area contributed by atoms with Gasteiger partial charge >= 0.3 is 0 Å². The lowest BCUT2D eigenvalue weighted by atomic mass is 10.1. The second kappa shape index (κ2) is 3.18. The average molecular weight is 189 g/mol. The Kier molecular flexibility index (Phi) is 2.00. The molecule has 0 spiro atoms. The van der Waals surface area contributed by atoms with Crippen molar-refractivity contribution in [3.05, 3.63) is 40.2 Å². The van der Waals surface area contributed by atoms with Gasteiger partial charge in [0.25, 0.3) is 0 Å². The molecule has 0 atom stereocenters. The van der Waals surface area contributed by atoms with Gasteiger partial charge in [0.15, 0.2) is 5.43 Å². The molecule has 1 heterocycles. The van der Waals surface area contributed by atoms with Crippen molar-refractivity contribution in [2.45, 2.75) is 6.92 Å². The number of rotatable bonds is 1. The molecule has 0 saturated heterocycles. The highest BCUT2D eigenvalue weighted by atomic mass is 16.5. The Bertz CT molecular complexity index is 528. The zero-order valence-corrected chi connectivity index (χ0v) is 8.13. The smallest absolute Gasteiger partial charge is 0.189 e. The summed E-state index contributed by atoms with van der Waals surface area (Å²) in [5.74, 6) is 0.745. The minimum absolute atomic E-state index is 0.0112. The van der Waals surface area contributed by atoms with Crippen molar-refractivity contribution in [2.24, 2.45) is 0 Å². The van der Waals surface area contributed by atoms with Crippen LogP contribution in [-0.4, -0.2) is 12.1 Å². The Morgan fingerprint density at radius 2 is 2.14 bits per heavy atom. The molecule has 3 nitrogen and oxygen atoms in total. The minimum atomic E-state index is 0.0112. The van der Waals surface area contributed by atoms with Gasteiger partial charge in [0, 0.05) is 23.2 Å². The molecule has 14 heavy (non-hydrogen) atoms. The molecule has 0 radical (unpaired) electrons. The highest BCUT2D eigenvalue weighted by Crippen LogP contribution is 2.21. The molecule has 0 fully saturated rings. The summed E-state index contributed by atoms with van der Waals surface area (Å²) in [4.78, 5) is 14.5. The van der Waals surface area contributed by atoms with E-state index in [-0.39, 0.29) is 5.43 Å². The van der Waals surface area contributed by atoms with E-state index in [2.05, 4.69) is 4.98 Å². The first kappa shape index (κ1) is 8.81. The van der Waals surface area contributed by atoms with Crippen LogP contribution in [0, 0.1) is 6.92 Å². The van der Waals surface area contributed by atoms with Gasteiger partial charge in [0.1, 0.15) is 5.75 Å². The molecule has 2 aromatic rings. The number of methoxy groups -OCH3 is 1. The van der Waals surface area contributed by atoms with Crippen LogP contribution < -0.4 is 10.2 Å². The zero-order chi connectivity index (χ0) is 10.1. The predicted octanol–water partition coefficient (Wildman–Crippen LogP) is 1.85. The van der Waals surface area contributed by atoms with Gasteiger partial charge in [-0.05, 0) is 24.6 Å². The molecule has 72 valence electrons. The third kappa shape index (κ3) is 1.27. The van der Waals surface area contributed by atoms with Gasteiger partial charge in [0.05, 0.1) is 7.11 Å². The van der Waals surface area contributed by atoms with Crippen molar-refractivity contribution in [1.82, 2.24) is 4.98 Å². The molecule has 0 unspecified atom stereocenters. The van der Waals surface area contributed by atoms with E-state index in [1.807, 2.05) is 13.0 Å². The van der Waals surface area contributed by atoms with Crippen LogP contribution in [0.25, 0.3) is 10.9 Å². The van der Waals surface area contributed by atoms with E-state index in [1.165, 1.54) is 6.07 Å². The second-order valence-electron chi connectivity index (χ2n) is 3.21. The average Bonchev–Trinajstić information content (AvgIpc) is 2.17. The third-order valence-electron chi connectivity index (χ3n) is 2.27. The lowest BCUT2D eigenvalue weighted by Gasteiger charge is -2.05. The monoisotopic (exact) mass is 189 g/mol. The van der Waals surface area contributed by atoms with E-state index in [1.54, 1.807) is 19.4 Å². The van der Waals surface area contributed by atoms with Gasteiger partial charge in [-0.1, -0.05) is 0 Å². The van der Waals surface area contributed by atoms with Crippen molar-refractivity contribution in [3.8, 4) is 5.75 Å². The van der Waals surface area contributed by atoms with Crippen molar-refractivity contribution in [2.75, 3.05) is 7.11 Å². The van der Waals surface area contributed by atoms with Gasteiger partial charge in [-0.3, -0.25) is 4.79 Å². The van der Waals surface area contributed by atoms with Crippen LogP contribution in [0.5, 0.6) is 5.75 Å². The molecule has 0 amide bonds. The highest BCUT2D eigenvalue weighted by Gasteiger charge is 2.03. The van der Waals surface area contributed by atoms with Crippen LogP contribution in [0.15, 0.2) is 29.2 Å². The van der Waals surface area contributed by atoms with E-state index in [4.69, 9.17) is 4.74 Å². The summed E-state index contributed by atoms with van der Waals surface area (Å²) in [5.41, 5.74) is 1.87. The quantitative estimate of drug-likeness (QED) is 0.743. The Hall–Kier alpha value is -1.77. The number of hydrogen-bond acceptors (Lipinski definition) is 2. The number of benzene rings is 1. The maximum absolute atomic E-state index is 11.5. The van der Waals surface area contributed by atoms with Gasteiger partial charge in [-0.25, -0.2) is 0 Å². The summed E-state index contributed by atoms with van der Waals surface area (Å²) in [6.45, 7) is 1.95. The first-order chi connectivity index (χ1) is 6.72. The molecular formula is C11H11NO2. The van der Waals surface area contributed by atoms with Crippen LogP contribution in [0.1, 0.15) is 5.56 Å². The molecule has 0 aliphatic heterocycles. The van der Waals surface area contributed by atoms with E-state index in [0.717, 1.165) is 16.8 Å². The summed E-state index contributed by atoms with van der Waals surface area (Å²) in [6, 6.07) is 5.19. The van der Waals surface area contributed by atoms with E-state index < -0.39 is 0 Å². The van der Waals surface area contributed by atoms with Crippen molar-refractivity contribution < 1.29 is 4.74 Å². The first-order valence-corrected chi connectivity index (χ1v) is 4.38. The molecule has 0 aliphatic rings. The Labute approximate surface area is 81.3 Å². The highest BCUT2D eigenvalue weighted by molar-refractivity contribution is 5.80. The Morgan fingerprint density at radius 1 is 1.36 bits per heavy atom. The van der Waals surface area contributed by atoms with Crippen LogP contribution >= 0.6 is 0 Å². The molecular weight excluding hydrogens is 178 g/mol. The van der Waals surface area contributed by atoms with Crippen molar-refractivity contribution >= 4 is 10.9 Å². The van der Waals surface area contributed by atoms with Crippen molar-refractivity contribution in [1.29, 1.82) is 0 Å². The normalized spacial score (nSPS) is 10.4. The number of fused-ring (bicyclic) bond motifs is 1. The molecule has 1 N–H and O–H groups in total. The van der Waals surface area contributed by atoms with E-state index in [0.29, 0.717) is 5.39 Å². The molecule has 3 heteroatoms. The van der Waals surface area contributed by atoms with Crippen LogP contribution in [0.2, 0.25) is 0 Å². The number of ether oxygens (including phenoxy) is 1. The molecule has 1 aromatic heterocycles. The van der Waals surface area contributed by atoms with Crippen LogP contribution in [0.4, 0.5) is 0 Å². The predicted molar refractivity (Wildman–Crippen MR) is 55.9 cm³/mol. The molecule has 2 rings (SSSR count). The summed E-state index contributed by atoms with van der Waals surface area (Å²) >= 11 is 0. The maximum Gasteiger partial charge on any atom is 0.189 e. The van der Waals surface area contributed by atoms with Crippen LogP contribution in [0.3, 0.4) is 0 Å². The van der Waals surface area contributed by atoms with Crippen molar-refractivity contribution in [3.63, 3.8) is 0 Å². The number of aryl methyl sites for hydroxylation is 1. The standard InChI is InChI=1S/C11H11NO2/c1-7-5-9-8(6-11(7)14-2)10(13)3-4-12-9/h3-6H,1-2H3,(H,12,13). The molecule has 1 aromatic carbocycles. The summed E-state index contributed by atoms with van der Waals surface area (Å²) in [6.07, 6.45) is 1.65. The Balaban J connectivity index is 2.87. The first-order valence-electron chi connectivity index (χ1n) is 4.38. The number of H-pyrrole nitrogens is 1. The summed E-state index contributed by atoms with van der Waals surface area (Å²) < 4.78 is 5.16. The molecule has 0 aliphatic carbocycles. The topological polar surface area (TPSA) is 42.1 Å².